The first kappa shape index (κ1) is 13.1. The molecule has 3 nitrogen and oxygen atoms in total. The van der Waals surface area contributed by atoms with Gasteiger partial charge in [-0.15, -0.1) is 0 Å². The number of carbonyl (C=O) groups is 1. The van der Waals surface area contributed by atoms with E-state index in [4.69, 9.17) is 0 Å². The molecule has 0 aromatic carbocycles. The van der Waals surface area contributed by atoms with Gasteiger partial charge in [0, 0.05) is 13.1 Å². The third kappa shape index (κ3) is 5.18. The van der Waals surface area contributed by atoms with Crippen LogP contribution in [0.1, 0.15) is 33.1 Å². The lowest BCUT2D eigenvalue weighted by atomic mass is 10.0. The third-order valence-electron chi connectivity index (χ3n) is 2.92. The van der Waals surface area contributed by atoms with Crippen LogP contribution in [0.3, 0.4) is 0 Å². The Morgan fingerprint density at radius 1 is 1.56 bits per heavy atom. The minimum Gasteiger partial charge on any atom is -0.345 e. The van der Waals surface area contributed by atoms with Crippen LogP contribution in [0.2, 0.25) is 0 Å². The van der Waals surface area contributed by atoms with Gasteiger partial charge in [0.1, 0.15) is 0 Å². The summed E-state index contributed by atoms with van der Waals surface area (Å²) < 4.78 is 0. The van der Waals surface area contributed by atoms with Gasteiger partial charge in [0.2, 0.25) is 0 Å². The molecule has 1 unspecified atom stereocenters. The van der Waals surface area contributed by atoms with Gasteiger partial charge in [-0.3, -0.25) is 4.79 Å². The van der Waals surface area contributed by atoms with Crippen molar-refractivity contribution in [1.29, 1.82) is 0 Å². The van der Waals surface area contributed by atoms with Crippen LogP contribution < -0.4 is 5.32 Å². The number of rotatable bonds is 4. The first-order chi connectivity index (χ1) is 7.72. The van der Waals surface area contributed by atoms with E-state index in [1.807, 2.05) is 0 Å². The second-order valence-electron chi connectivity index (χ2n) is 4.53. The molecule has 1 fully saturated rings. The van der Waals surface area contributed by atoms with Crippen molar-refractivity contribution in [3.05, 3.63) is 0 Å². The topological polar surface area (TPSA) is 32.3 Å². The van der Waals surface area contributed by atoms with Crippen LogP contribution in [0.15, 0.2) is 0 Å². The quantitative estimate of drug-likeness (QED) is 0.573. The molecule has 90 valence electrons. The van der Waals surface area contributed by atoms with Crippen molar-refractivity contribution >= 4 is 5.91 Å². The van der Waals surface area contributed by atoms with E-state index in [-0.39, 0.29) is 5.91 Å². The molecule has 0 saturated carbocycles. The van der Waals surface area contributed by atoms with Crippen LogP contribution in [-0.4, -0.2) is 37.0 Å². The molecule has 1 aliphatic heterocycles. The van der Waals surface area contributed by atoms with Crippen molar-refractivity contribution in [3.8, 4) is 11.8 Å². The number of likely N-dealkylation sites (tertiary alicyclic amines) is 1. The van der Waals surface area contributed by atoms with Gasteiger partial charge >= 0.3 is 0 Å². The highest BCUT2D eigenvalue weighted by Gasteiger charge is 2.15. The van der Waals surface area contributed by atoms with E-state index in [2.05, 4.69) is 29.0 Å². The van der Waals surface area contributed by atoms with E-state index < -0.39 is 0 Å². The number of piperidine rings is 1. The predicted molar refractivity (Wildman–Crippen MR) is 65.9 cm³/mol. The fraction of sp³-hybridized carbons (Fsp3) is 0.769. The van der Waals surface area contributed by atoms with E-state index >= 15 is 0 Å². The zero-order valence-corrected chi connectivity index (χ0v) is 10.4. The number of hydrogen-bond donors (Lipinski definition) is 1. The second-order valence-corrected chi connectivity index (χ2v) is 4.53. The minimum atomic E-state index is -0.158. The zero-order valence-electron chi connectivity index (χ0n) is 10.4. The Bertz CT molecular complexity index is 277. The first-order valence-electron chi connectivity index (χ1n) is 6.15. The van der Waals surface area contributed by atoms with Crippen molar-refractivity contribution in [2.75, 3.05) is 26.2 Å². The van der Waals surface area contributed by atoms with E-state index in [1.165, 1.54) is 25.9 Å². The van der Waals surface area contributed by atoms with Crippen molar-refractivity contribution < 1.29 is 4.79 Å². The molecule has 1 rings (SSSR count). The monoisotopic (exact) mass is 222 g/mol. The van der Waals surface area contributed by atoms with Gasteiger partial charge in [-0.05, 0) is 51.1 Å². The standard InChI is InChI=1S/C13H22N2O/c1-3-6-13(16)14-8-5-10-15-9-4-7-12(2)11-15/h12H,4-5,7-11H2,1-2H3,(H,14,16). The SMILES string of the molecule is CC#CC(=O)NCCCN1CCCC(C)C1. The summed E-state index contributed by atoms with van der Waals surface area (Å²) in [6.07, 6.45) is 3.69. The number of nitrogens with zero attached hydrogens (tertiary/aromatic N) is 1. The normalized spacial score (nSPS) is 21.0. The zero-order chi connectivity index (χ0) is 11.8. The van der Waals surface area contributed by atoms with Crippen LogP contribution in [0.5, 0.6) is 0 Å². The molecule has 0 spiro atoms. The highest BCUT2D eigenvalue weighted by molar-refractivity contribution is 5.93. The number of carbonyl (C=O) groups excluding carboxylic acids is 1. The Morgan fingerprint density at radius 3 is 3.06 bits per heavy atom. The predicted octanol–water partition coefficient (Wildman–Crippen LogP) is 1.25. The lowest BCUT2D eigenvalue weighted by Crippen LogP contribution is -2.36. The first-order valence-corrected chi connectivity index (χ1v) is 6.15. The van der Waals surface area contributed by atoms with Crippen LogP contribution in [-0.2, 0) is 4.79 Å². The molecule has 1 atom stereocenters. The summed E-state index contributed by atoms with van der Waals surface area (Å²) in [5.41, 5.74) is 0. The Morgan fingerprint density at radius 2 is 2.38 bits per heavy atom. The van der Waals surface area contributed by atoms with E-state index in [1.54, 1.807) is 6.92 Å². The Balaban J connectivity index is 2.06. The summed E-state index contributed by atoms with van der Waals surface area (Å²) in [7, 11) is 0. The summed E-state index contributed by atoms with van der Waals surface area (Å²) in [6.45, 7) is 8.23. The molecule has 16 heavy (non-hydrogen) atoms. The smallest absolute Gasteiger partial charge is 0.295 e. The summed E-state index contributed by atoms with van der Waals surface area (Å²) in [4.78, 5) is 13.5. The average Bonchev–Trinajstić information content (AvgIpc) is 2.25. The van der Waals surface area contributed by atoms with Crippen molar-refractivity contribution in [2.24, 2.45) is 5.92 Å². The molecular formula is C13H22N2O. The second kappa shape index (κ2) is 7.29. The van der Waals surface area contributed by atoms with Crippen LogP contribution in [0.25, 0.3) is 0 Å². The number of nitrogens with one attached hydrogen (secondary N) is 1. The Labute approximate surface area is 98.6 Å². The molecule has 1 N–H and O–H groups in total. The number of amides is 1. The minimum absolute atomic E-state index is 0.158. The van der Waals surface area contributed by atoms with Crippen molar-refractivity contribution in [3.63, 3.8) is 0 Å². The summed E-state index contributed by atoms with van der Waals surface area (Å²) in [6, 6.07) is 0. The van der Waals surface area contributed by atoms with Gasteiger partial charge in [0.25, 0.3) is 5.91 Å². The van der Waals surface area contributed by atoms with Crippen LogP contribution in [0.4, 0.5) is 0 Å². The van der Waals surface area contributed by atoms with Crippen LogP contribution in [0, 0.1) is 17.8 Å². The highest BCUT2D eigenvalue weighted by Crippen LogP contribution is 2.14. The fourth-order valence-corrected chi connectivity index (χ4v) is 2.15. The van der Waals surface area contributed by atoms with Gasteiger partial charge in [-0.1, -0.05) is 12.8 Å². The van der Waals surface area contributed by atoms with Gasteiger partial charge in [0.15, 0.2) is 0 Å². The maximum Gasteiger partial charge on any atom is 0.295 e. The molecule has 1 heterocycles. The maximum atomic E-state index is 11.0. The van der Waals surface area contributed by atoms with E-state index in [0.717, 1.165) is 25.4 Å². The van der Waals surface area contributed by atoms with Gasteiger partial charge in [-0.2, -0.15) is 0 Å². The van der Waals surface area contributed by atoms with E-state index in [9.17, 15) is 4.79 Å². The van der Waals surface area contributed by atoms with Gasteiger partial charge < -0.3 is 10.2 Å². The Hall–Kier alpha value is -1.01. The lowest BCUT2D eigenvalue weighted by Gasteiger charge is -2.30. The highest BCUT2D eigenvalue weighted by atomic mass is 16.1. The maximum absolute atomic E-state index is 11.0. The largest absolute Gasteiger partial charge is 0.345 e. The Kier molecular flexibility index (Phi) is 5.95. The van der Waals surface area contributed by atoms with Gasteiger partial charge in [0.05, 0.1) is 0 Å². The summed E-state index contributed by atoms with van der Waals surface area (Å²) >= 11 is 0. The molecule has 3 heteroatoms. The molecule has 0 aromatic heterocycles. The molecule has 0 bridgehead atoms. The molecule has 1 amide bonds. The van der Waals surface area contributed by atoms with E-state index in [0.29, 0.717) is 0 Å². The molecule has 0 aliphatic carbocycles. The molecular weight excluding hydrogens is 200 g/mol. The molecule has 1 aliphatic rings. The van der Waals surface area contributed by atoms with Crippen molar-refractivity contribution in [1.82, 2.24) is 10.2 Å². The molecule has 0 aromatic rings. The molecule has 1 saturated heterocycles. The summed E-state index contributed by atoms with van der Waals surface area (Å²) in [5, 5.41) is 2.80. The summed E-state index contributed by atoms with van der Waals surface area (Å²) in [5.74, 6) is 5.74. The van der Waals surface area contributed by atoms with Gasteiger partial charge in [-0.25, -0.2) is 0 Å². The van der Waals surface area contributed by atoms with Crippen LogP contribution >= 0.6 is 0 Å². The lowest BCUT2D eigenvalue weighted by molar-refractivity contribution is -0.115. The molecule has 0 radical (unpaired) electrons. The third-order valence-corrected chi connectivity index (χ3v) is 2.92. The number of hydrogen-bond acceptors (Lipinski definition) is 2. The average molecular weight is 222 g/mol. The fourth-order valence-electron chi connectivity index (χ4n) is 2.15. The van der Waals surface area contributed by atoms with Crippen molar-refractivity contribution in [2.45, 2.75) is 33.1 Å².